The lowest BCUT2D eigenvalue weighted by atomic mass is 10.0. The Kier molecular flexibility index (Phi) is 4.19. The molecule has 0 saturated carbocycles. The molecular formula is C19H14ClF3N4. The van der Waals surface area contributed by atoms with Gasteiger partial charge in [0.25, 0.3) is 0 Å². The van der Waals surface area contributed by atoms with Crippen molar-refractivity contribution in [1.29, 1.82) is 0 Å². The maximum Gasteiger partial charge on any atom is 0.416 e. The van der Waals surface area contributed by atoms with Crippen LogP contribution < -0.4 is 0 Å². The number of aromatic amines is 1. The van der Waals surface area contributed by atoms with Crippen LogP contribution in [0.5, 0.6) is 0 Å². The molecule has 0 fully saturated rings. The van der Waals surface area contributed by atoms with Crippen molar-refractivity contribution in [3.63, 3.8) is 0 Å². The van der Waals surface area contributed by atoms with Gasteiger partial charge in [0, 0.05) is 34.6 Å². The van der Waals surface area contributed by atoms with Gasteiger partial charge in [0.1, 0.15) is 5.65 Å². The zero-order chi connectivity index (χ0) is 19.2. The summed E-state index contributed by atoms with van der Waals surface area (Å²) in [7, 11) is 0. The summed E-state index contributed by atoms with van der Waals surface area (Å²) in [5, 5.41) is 5.55. The van der Waals surface area contributed by atoms with Gasteiger partial charge >= 0.3 is 6.18 Å². The van der Waals surface area contributed by atoms with Gasteiger partial charge in [0.05, 0.1) is 17.8 Å². The van der Waals surface area contributed by atoms with Crippen molar-refractivity contribution in [2.75, 3.05) is 0 Å². The monoisotopic (exact) mass is 390 g/mol. The Hall–Kier alpha value is -2.80. The van der Waals surface area contributed by atoms with E-state index in [2.05, 4.69) is 15.1 Å². The van der Waals surface area contributed by atoms with Crippen molar-refractivity contribution in [1.82, 2.24) is 19.7 Å². The van der Waals surface area contributed by atoms with Crippen LogP contribution in [0.1, 0.15) is 24.1 Å². The fourth-order valence-corrected chi connectivity index (χ4v) is 3.36. The third-order valence-electron chi connectivity index (χ3n) is 4.54. The maximum atomic E-state index is 13.0. The summed E-state index contributed by atoms with van der Waals surface area (Å²) in [5.74, 6) is 0. The Morgan fingerprint density at radius 1 is 1.19 bits per heavy atom. The summed E-state index contributed by atoms with van der Waals surface area (Å²) in [5.41, 5.74) is 2.17. The Morgan fingerprint density at radius 3 is 2.78 bits per heavy atom. The first-order chi connectivity index (χ1) is 12.8. The minimum Gasteiger partial charge on any atom is -0.346 e. The molecule has 0 radical (unpaired) electrons. The molecule has 0 aliphatic carbocycles. The average molecular weight is 391 g/mol. The first-order valence-electron chi connectivity index (χ1n) is 8.18. The van der Waals surface area contributed by atoms with Gasteiger partial charge in [-0.2, -0.15) is 18.3 Å². The number of alkyl halides is 3. The molecule has 138 valence electrons. The first-order valence-corrected chi connectivity index (χ1v) is 8.55. The fraction of sp³-hybridized carbons (Fsp3) is 0.158. The second-order valence-corrected chi connectivity index (χ2v) is 6.62. The van der Waals surface area contributed by atoms with Gasteiger partial charge in [-0.05, 0) is 48.4 Å². The lowest BCUT2D eigenvalue weighted by Crippen LogP contribution is -2.11. The molecule has 4 rings (SSSR count). The molecule has 4 aromatic rings. The van der Waals surface area contributed by atoms with E-state index in [1.165, 1.54) is 6.07 Å². The normalized spacial score (nSPS) is 13.2. The van der Waals surface area contributed by atoms with E-state index in [-0.39, 0.29) is 5.02 Å². The minimum atomic E-state index is -4.43. The third kappa shape index (κ3) is 3.19. The second-order valence-electron chi connectivity index (χ2n) is 6.22. The Balaban J connectivity index is 1.73. The molecule has 0 amide bonds. The molecule has 0 aliphatic rings. The Morgan fingerprint density at radius 2 is 2.00 bits per heavy atom. The number of nitrogens with one attached hydrogen (secondary N) is 1. The molecule has 0 saturated heterocycles. The molecule has 1 aromatic carbocycles. The highest BCUT2D eigenvalue weighted by Crippen LogP contribution is 2.35. The molecule has 4 nitrogen and oxygen atoms in total. The van der Waals surface area contributed by atoms with Gasteiger partial charge in [0.15, 0.2) is 0 Å². The number of nitrogens with zero attached hydrogens (tertiary/aromatic N) is 3. The predicted octanol–water partition coefficient (Wildman–Crippen LogP) is 5.71. The van der Waals surface area contributed by atoms with Gasteiger partial charge in [-0.15, -0.1) is 0 Å². The molecule has 27 heavy (non-hydrogen) atoms. The second kappa shape index (κ2) is 6.42. The highest BCUT2D eigenvalue weighted by Gasteiger charge is 2.31. The van der Waals surface area contributed by atoms with Crippen molar-refractivity contribution >= 4 is 22.6 Å². The number of rotatable bonds is 3. The topological polar surface area (TPSA) is 46.5 Å². The molecule has 3 heterocycles. The zero-order valence-corrected chi connectivity index (χ0v) is 14.9. The van der Waals surface area contributed by atoms with Gasteiger partial charge < -0.3 is 4.98 Å². The van der Waals surface area contributed by atoms with Crippen LogP contribution >= 0.6 is 11.6 Å². The smallest absolute Gasteiger partial charge is 0.346 e. The van der Waals surface area contributed by atoms with E-state index in [0.29, 0.717) is 5.56 Å². The summed E-state index contributed by atoms with van der Waals surface area (Å²) >= 11 is 6.16. The average Bonchev–Trinajstić information content (AvgIpc) is 3.29. The van der Waals surface area contributed by atoms with Crippen molar-refractivity contribution in [3.8, 4) is 11.1 Å². The van der Waals surface area contributed by atoms with Crippen LogP contribution in [0.3, 0.4) is 0 Å². The number of hydrogen-bond donors (Lipinski definition) is 1. The molecule has 8 heteroatoms. The standard InChI is InChI=1S/C19H14ClF3N4/c1-11(16-8-13(19(21,22)23)2-3-17(16)20)27-10-12(9-26-27)14-4-6-24-18-15(14)5-7-25-18/h2-11H,1H3,(H,24,25). The van der Waals surface area contributed by atoms with Gasteiger partial charge in [-0.25, -0.2) is 4.98 Å². The molecule has 0 bridgehead atoms. The van der Waals surface area contributed by atoms with E-state index in [1.807, 2.05) is 12.1 Å². The number of benzene rings is 1. The minimum absolute atomic E-state index is 0.268. The number of pyridine rings is 1. The van der Waals surface area contributed by atoms with E-state index in [1.54, 1.807) is 36.4 Å². The van der Waals surface area contributed by atoms with Crippen LogP contribution in [-0.2, 0) is 6.18 Å². The lowest BCUT2D eigenvalue weighted by Gasteiger charge is -2.16. The molecular weight excluding hydrogens is 377 g/mol. The number of aromatic nitrogens is 4. The molecule has 0 aliphatic heterocycles. The quantitative estimate of drug-likeness (QED) is 0.487. The number of fused-ring (bicyclic) bond motifs is 1. The number of hydrogen-bond acceptors (Lipinski definition) is 2. The zero-order valence-electron chi connectivity index (χ0n) is 14.1. The molecule has 1 unspecified atom stereocenters. The molecule has 1 N–H and O–H groups in total. The third-order valence-corrected chi connectivity index (χ3v) is 4.89. The van der Waals surface area contributed by atoms with Gasteiger partial charge in [-0.3, -0.25) is 4.68 Å². The predicted molar refractivity (Wildman–Crippen MR) is 97.6 cm³/mol. The van der Waals surface area contributed by atoms with E-state index in [9.17, 15) is 13.2 Å². The van der Waals surface area contributed by atoms with Crippen LogP contribution in [0.15, 0.2) is 55.1 Å². The van der Waals surface area contributed by atoms with Crippen molar-refractivity contribution in [3.05, 3.63) is 71.3 Å². The van der Waals surface area contributed by atoms with Crippen molar-refractivity contribution in [2.24, 2.45) is 0 Å². The highest BCUT2D eigenvalue weighted by atomic mass is 35.5. The summed E-state index contributed by atoms with van der Waals surface area (Å²) < 4.78 is 40.7. The van der Waals surface area contributed by atoms with Gasteiger partial charge in [-0.1, -0.05) is 11.6 Å². The first kappa shape index (κ1) is 17.6. The number of H-pyrrole nitrogens is 1. The van der Waals surface area contributed by atoms with Gasteiger partial charge in [0.2, 0.25) is 0 Å². The summed E-state index contributed by atoms with van der Waals surface area (Å²) in [6.45, 7) is 1.76. The van der Waals surface area contributed by atoms with E-state index >= 15 is 0 Å². The van der Waals surface area contributed by atoms with Crippen LogP contribution in [0.25, 0.3) is 22.2 Å². The van der Waals surface area contributed by atoms with Crippen molar-refractivity contribution < 1.29 is 13.2 Å². The number of halogens is 4. The Labute approximate surface area is 157 Å². The van der Waals surface area contributed by atoms with Crippen LogP contribution in [0, 0.1) is 0 Å². The molecule has 0 spiro atoms. The SMILES string of the molecule is CC(c1cc(C(F)(F)F)ccc1Cl)n1cc(-c2ccnc3[nH]ccc23)cn1. The molecule has 3 aromatic heterocycles. The van der Waals surface area contributed by atoms with Crippen LogP contribution in [0.2, 0.25) is 5.02 Å². The summed E-state index contributed by atoms with van der Waals surface area (Å²) in [6.07, 6.45) is 2.54. The van der Waals surface area contributed by atoms with Crippen LogP contribution in [0.4, 0.5) is 13.2 Å². The largest absolute Gasteiger partial charge is 0.416 e. The van der Waals surface area contributed by atoms with Crippen LogP contribution in [-0.4, -0.2) is 19.7 Å². The van der Waals surface area contributed by atoms with E-state index in [4.69, 9.17) is 11.6 Å². The summed E-state index contributed by atoms with van der Waals surface area (Å²) in [4.78, 5) is 7.31. The lowest BCUT2D eigenvalue weighted by molar-refractivity contribution is -0.137. The molecule has 1 atom stereocenters. The van der Waals surface area contributed by atoms with E-state index in [0.717, 1.165) is 34.3 Å². The Bertz CT molecular complexity index is 1110. The fourth-order valence-electron chi connectivity index (χ4n) is 3.08. The van der Waals surface area contributed by atoms with E-state index < -0.39 is 17.8 Å². The van der Waals surface area contributed by atoms with Crippen molar-refractivity contribution in [2.45, 2.75) is 19.1 Å². The maximum absolute atomic E-state index is 13.0. The summed E-state index contributed by atoms with van der Waals surface area (Å²) in [6, 6.07) is 6.66. The highest BCUT2D eigenvalue weighted by molar-refractivity contribution is 6.31.